The first-order chi connectivity index (χ1) is 12.6. The van der Waals surface area contributed by atoms with Crippen LogP contribution in [0.4, 0.5) is 8.78 Å². The number of alkyl halides is 2. The molecule has 0 saturated heterocycles. The minimum atomic E-state index is -0.904. The van der Waals surface area contributed by atoms with Gasteiger partial charge in [0.05, 0.1) is 0 Å². The summed E-state index contributed by atoms with van der Waals surface area (Å²) in [5.41, 5.74) is 0. The molecule has 0 N–H and O–H groups in total. The number of halogens is 2. The molecule has 0 radical (unpaired) electrons. The first-order valence-corrected chi connectivity index (χ1v) is 11.4. The van der Waals surface area contributed by atoms with E-state index >= 15 is 0 Å². The van der Waals surface area contributed by atoms with Crippen LogP contribution >= 0.6 is 0 Å². The summed E-state index contributed by atoms with van der Waals surface area (Å²) < 4.78 is 27.6. The molecule has 4 saturated carbocycles. The highest BCUT2D eigenvalue weighted by Gasteiger charge is 2.42. The Hall–Kier alpha value is -0.470. The number of carbonyl (C=O) groups excluding carboxylic acids is 1. The number of rotatable bonds is 3. The molecule has 0 bridgehead atoms. The second-order valence-electron chi connectivity index (χ2n) is 10.1. The fraction of sp³-hybridized carbons (Fsp3) is 0.957. The Morgan fingerprint density at radius 3 is 1.42 bits per heavy atom. The SMILES string of the molecule is O=CC1CCC(C2CCC3CC(C4CC(F)CC(F)C4)CCC3C2)CC1. The smallest absolute Gasteiger partial charge is 0.123 e. The summed E-state index contributed by atoms with van der Waals surface area (Å²) >= 11 is 0. The third-order valence-corrected chi connectivity index (χ3v) is 8.66. The quantitative estimate of drug-likeness (QED) is 0.536. The highest BCUT2D eigenvalue weighted by molar-refractivity contribution is 5.53. The van der Waals surface area contributed by atoms with E-state index in [1.54, 1.807) is 0 Å². The van der Waals surface area contributed by atoms with Crippen molar-refractivity contribution in [2.24, 2.45) is 41.4 Å². The van der Waals surface area contributed by atoms with Crippen molar-refractivity contribution in [3.63, 3.8) is 0 Å². The summed E-state index contributed by atoms with van der Waals surface area (Å²) in [6.07, 6.45) is 13.3. The van der Waals surface area contributed by atoms with Crippen molar-refractivity contribution in [3.05, 3.63) is 0 Å². The lowest BCUT2D eigenvalue weighted by Gasteiger charge is -2.47. The molecule has 4 fully saturated rings. The Kier molecular flexibility index (Phi) is 6.00. The van der Waals surface area contributed by atoms with Crippen LogP contribution in [0.1, 0.15) is 83.5 Å². The normalized spacial score (nSPS) is 50.0. The molecule has 0 aromatic carbocycles. The van der Waals surface area contributed by atoms with Crippen LogP contribution in [0.25, 0.3) is 0 Å². The minimum Gasteiger partial charge on any atom is -0.303 e. The van der Waals surface area contributed by atoms with Gasteiger partial charge in [0, 0.05) is 12.3 Å². The average molecular weight is 367 g/mol. The zero-order valence-electron chi connectivity index (χ0n) is 16.1. The van der Waals surface area contributed by atoms with Crippen LogP contribution in [0.2, 0.25) is 0 Å². The van der Waals surface area contributed by atoms with Crippen molar-refractivity contribution < 1.29 is 13.6 Å². The van der Waals surface area contributed by atoms with Gasteiger partial charge in [-0.2, -0.15) is 0 Å². The van der Waals surface area contributed by atoms with Crippen molar-refractivity contribution in [3.8, 4) is 0 Å². The van der Waals surface area contributed by atoms with Crippen LogP contribution in [-0.4, -0.2) is 18.6 Å². The van der Waals surface area contributed by atoms with Crippen LogP contribution in [0, 0.1) is 41.4 Å². The maximum atomic E-state index is 13.8. The maximum absolute atomic E-state index is 13.8. The molecule has 26 heavy (non-hydrogen) atoms. The summed E-state index contributed by atoms with van der Waals surface area (Å²) in [6.45, 7) is 0. The predicted molar refractivity (Wildman–Crippen MR) is 100 cm³/mol. The molecule has 6 atom stereocenters. The van der Waals surface area contributed by atoms with E-state index in [-0.39, 0.29) is 6.42 Å². The van der Waals surface area contributed by atoms with E-state index in [2.05, 4.69) is 0 Å². The summed E-state index contributed by atoms with van der Waals surface area (Å²) in [7, 11) is 0. The molecule has 0 aliphatic heterocycles. The molecule has 4 aliphatic carbocycles. The van der Waals surface area contributed by atoms with Crippen LogP contribution in [-0.2, 0) is 4.79 Å². The Balaban J connectivity index is 1.28. The summed E-state index contributed by atoms with van der Waals surface area (Å²) in [6, 6.07) is 0. The Morgan fingerprint density at radius 2 is 0.923 bits per heavy atom. The zero-order chi connectivity index (χ0) is 18.1. The molecule has 0 aromatic heterocycles. The topological polar surface area (TPSA) is 17.1 Å². The van der Waals surface area contributed by atoms with Gasteiger partial charge in [0.15, 0.2) is 0 Å². The van der Waals surface area contributed by atoms with Gasteiger partial charge in [0.1, 0.15) is 18.6 Å². The number of hydrogen-bond donors (Lipinski definition) is 0. The van der Waals surface area contributed by atoms with Gasteiger partial charge in [-0.15, -0.1) is 0 Å². The first-order valence-electron chi connectivity index (χ1n) is 11.4. The minimum absolute atomic E-state index is 0.142. The second-order valence-corrected chi connectivity index (χ2v) is 10.1. The Labute approximate surface area is 157 Å². The van der Waals surface area contributed by atoms with E-state index in [9.17, 15) is 13.6 Å². The predicted octanol–water partition coefficient (Wildman–Crippen LogP) is 6.30. The van der Waals surface area contributed by atoms with E-state index in [0.717, 1.165) is 36.5 Å². The largest absolute Gasteiger partial charge is 0.303 e. The van der Waals surface area contributed by atoms with Crippen molar-refractivity contribution in [1.29, 1.82) is 0 Å². The number of hydrogen-bond acceptors (Lipinski definition) is 1. The lowest BCUT2D eigenvalue weighted by atomic mass is 9.59. The van der Waals surface area contributed by atoms with Crippen LogP contribution in [0.3, 0.4) is 0 Å². The van der Waals surface area contributed by atoms with Crippen molar-refractivity contribution in [2.45, 2.75) is 95.8 Å². The highest BCUT2D eigenvalue weighted by Crippen LogP contribution is 2.51. The molecule has 0 aromatic rings. The van der Waals surface area contributed by atoms with Crippen molar-refractivity contribution >= 4 is 6.29 Å². The Bertz CT molecular complexity index is 463. The average Bonchev–Trinajstić information content (AvgIpc) is 2.66. The fourth-order valence-electron chi connectivity index (χ4n) is 7.18. The monoisotopic (exact) mass is 366 g/mol. The van der Waals surface area contributed by atoms with Gasteiger partial charge in [-0.05, 0) is 113 Å². The summed E-state index contributed by atoms with van der Waals surface area (Å²) in [5, 5.41) is 0. The zero-order valence-corrected chi connectivity index (χ0v) is 16.1. The lowest BCUT2D eigenvalue weighted by molar-refractivity contribution is -0.112. The van der Waals surface area contributed by atoms with Gasteiger partial charge in [-0.25, -0.2) is 8.78 Å². The van der Waals surface area contributed by atoms with Crippen molar-refractivity contribution in [1.82, 2.24) is 0 Å². The Morgan fingerprint density at radius 1 is 0.500 bits per heavy atom. The molecule has 1 nitrogen and oxygen atoms in total. The van der Waals surface area contributed by atoms with E-state index in [1.165, 1.54) is 57.7 Å². The van der Waals surface area contributed by atoms with Gasteiger partial charge in [0.2, 0.25) is 0 Å². The van der Waals surface area contributed by atoms with Crippen LogP contribution < -0.4 is 0 Å². The summed E-state index contributed by atoms with van der Waals surface area (Å²) in [4.78, 5) is 11.0. The number of aldehydes is 1. The van der Waals surface area contributed by atoms with Gasteiger partial charge >= 0.3 is 0 Å². The summed E-state index contributed by atoms with van der Waals surface area (Å²) in [5.74, 6) is 4.60. The molecule has 0 spiro atoms. The number of fused-ring (bicyclic) bond motifs is 1. The third kappa shape index (κ3) is 4.17. The molecule has 148 valence electrons. The van der Waals surface area contributed by atoms with Gasteiger partial charge < -0.3 is 4.79 Å². The molecule has 4 aliphatic rings. The van der Waals surface area contributed by atoms with Gasteiger partial charge in [-0.1, -0.05) is 0 Å². The fourth-order valence-corrected chi connectivity index (χ4v) is 7.18. The standard InChI is InChI=1S/C23H36F2O/c24-22-11-21(12-23(25)13-22)20-8-7-18-9-17(5-6-19(18)10-20)16-3-1-15(14-26)2-4-16/h14-23H,1-13H2. The van der Waals surface area contributed by atoms with Gasteiger partial charge in [-0.3, -0.25) is 0 Å². The van der Waals surface area contributed by atoms with E-state index in [1.807, 2.05) is 0 Å². The second kappa shape index (κ2) is 8.27. The van der Waals surface area contributed by atoms with Crippen LogP contribution in [0.15, 0.2) is 0 Å². The lowest BCUT2D eigenvalue weighted by Crippen LogP contribution is -2.38. The molecule has 6 unspecified atom stereocenters. The number of carbonyl (C=O) groups is 1. The third-order valence-electron chi connectivity index (χ3n) is 8.66. The first kappa shape index (κ1) is 18.9. The molecular formula is C23H36F2O. The molecular weight excluding hydrogens is 330 g/mol. The molecule has 3 heteroatoms. The van der Waals surface area contributed by atoms with E-state index in [4.69, 9.17) is 0 Å². The molecule has 0 heterocycles. The van der Waals surface area contributed by atoms with Gasteiger partial charge in [0.25, 0.3) is 0 Å². The van der Waals surface area contributed by atoms with Crippen molar-refractivity contribution in [2.75, 3.05) is 0 Å². The van der Waals surface area contributed by atoms with Crippen LogP contribution in [0.5, 0.6) is 0 Å². The van der Waals surface area contributed by atoms with E-state index < -0.39 is 12.3 Å². The highest BCUT2D eigenvalue weighted by atomic mass is 19.1. The maximum Gasteiger partial charge on any atom is 0.123 e. The molecule has 4 rings (SSSR count). The molecule has 0 amide bonds. The van der Waals surface area contributed by atoms with E-state index in [0.29, 0.717) is 30.6 Å².